The summed E-state index contributed by atoms with van der Waals surface area (Å²) in [6, 6.07) is 2.06. The average Bonchev–Trinajstić information content (AvgIpc) is 3.37. The highest BCUT2D eigenvalue weighted by Gasteiger charge is 2.33. The number of likely N-dealkylation sites (tertiary alicyclic amines) is 1. The summed E-state index contributed by atoms with van der Waals surface area (Å²) < 4.78 is 5.36. The van der Waals surface area contributed by atoms with E-state index in [0.29, 0.717) is 29.7 Å². The SMILES string of the molecule is Cc1noc2nc(C3CC3)cc(C(=O)N3CCC(C)CC3CN)c12. The van der Waals surface area contributed by atoms with Crippen LogP contribution in [-0.2, 0) is 0 Å². The first-order valence-electron chi connectivity index (χ1n) is 8.86. The molecular weight excluding hydrogens is 304 g/mol. The number of amides is 1. The number of nitrogens with two attached hydrogens (primary N) is 1. The van der Waals surface area contributed by atoms with E-state index in [-0.39, 0.29) is 11.9 Å². The van der Waals surface area contributed by atoms with Crippen LogP contribution >= 0.6 is 0 Å². The minimum absolute atomic E-state index is 0.0398. The van der Waals surface area contributed by atoms with Crippen molar-refractivity contribution in [2.75, 3.05) is 13.1 Å². The highest BCUT2D eigenvalue weighted by molar-refractivity contribution is 6.06. The average molecular weight is 328 g/mol. The third-order valence-electron chi connectivity index (χ3n) is 5.37. The lowest BCUT2D eigenvalue weighted by molar-refractivity contribution is 0.0575. The van der Waals surface area contributed by atoms with Gasteiger partial charge in [-0.15, -0.1) is 0 Å². The Kier molecular flexibility index (Phi) is 3.79. The number of rotatable bonds is 3. The lowest BCUT2D eigenvalue weighted by Gasteiger charge is -2.38. The maximum Gasteiger partial charge on any atom is 0.259 e. The van der Waals surface area contributed by atoms with Gasteiger partial charge >= 0.3 is 0 Å². The number of pyridine rings is 1. The second-order valence-corrected chi connectivity index (χ2v) is 7.33. The number of aromatic nitrogens is 2. The minimum atomic E-state index is 0.0398. The second-order valence-electron chi connectivity index (χ2n) is 7.33. The van der Waals surface area contributed by atoms with Crippen molar-refractivity contribution in [3.63, 3.8) is 0 Å². The van der Waals surface area contributed by atoms with Gasteiger partial charge in [-0.2, -0.15) is 0 Å². The molecule has 2 N–H and O–H groups in total. The van der Waals surface area contributed by atoms with E-state index in [1.165, 1.54) is 0 Å². The number of piperidine rings is 1. The Labute approximate surface area is 141 Å². The fourth-order valence-electron chi connectivity index (χ4n) is 3.77. The van der Waals surface area contributed by atoms with Gasteiger partial charge in [-0.1, -0.05) is 12.1 Å². The number of carbonyl (C=O) groups excluding carboxylic acids is 1. The molecule has 4 rings (SSSR count). The van der Waals surface area contributed by atoms with Crippen LogP contribution in [-0.4, -0.2) is 40.1 Å². The van der Waals surface area contributed by atoms with Crippen molar-refractivity contribution in [3.05, 3.63) is 23.0 Å². The van der Waals surface area contributed by atoms with Gasteiger partial charge in [0.2, 0.25) is 0 Å². The van der Waals surface area contributed by atoms with E-state index in [1.807, 2.05) is 17.9 Å². The van der Waals surface area contributed by atoms with Gasteiger partial charge in [0.25, 0.3) is 11.6 Å². The molecule has 3 heterocycles. The molecule has 1 aliphatic heterocycles. The summed E-state index contributed by atoms with van der Waals surface area (Å²) in [5, 5.41) is 4.77. The zero-order chi connectivity index (χ0) is 16.8. The molecule has 6 nitrogen and oxygen atoms in total. The summed E-state index contributed by atoms with van der Waals surface area (Å²) in [6.07, 6.45) is 4.25. The Morgan fingerprint density at radius 1 is 1.42 bits per heavy atom. The zero-order valence-corrected chi connectivity index (χ0v) is 14.3. The van der Waals surface area contributed by atoms with Crippen molar-refractivity contribution < 1.29 is 9.32 Å². The Bertz CT molecular complexity index is 781. The standard InChI is InChI=1S/C18H24N4O2/c1-10-5-6-22(13(7-10)9-19)18(23)14-8-15(12-3-4-12)20-17-16(14)11(2)21-24-17/h8,10,12-13H,3-7,9,19H2,1-2H3. The fraction of sp³-hybridized carbons (Fsp3) is 0.611. The molecule has 2 aliphatic rings. The van der Waals surface area contributed by atoms with Crippen molar-refractivity contribution in [1.82, 2.24) is 15.0 Å². The molecule has 0 radical (unpaired) electrons. The van der Waals surface area contributed by atoms with E-state index in [9.17, 15) is 4.79 Å². The molecule has 2 aromatic rings. The van der Waals surface area contributed by atoms with Crippen LogP contribution in [0.2, 0.25) is 0 Å². The molecule has 2 unspecified atom stereocenters. The number of aryl methyl sites for hydroxylation is 1. The van der Waals surface area contributed by atoms with Crippen LogP contribution in [0.1, 0.15) is 60.3 Å². The highest BCUT2D eigenvalue weighted by atomic mass is 16.5. The van der Waals surface area contributed by atoms with Gasteiger partial charge in [-0.05, 0) is 44.6 Å². The van der Waals surface area contributed by atoms with Crippen LogP contribution in [0, 0.1) is 12.8 Å². The first kappa shape index (κ1) is 15.6. The predicted octanol–water partition coefficient (Wildman–Crippen LogP) is 2.61. The summed E-state index contributed by atoms with van der Waals surface area (Å²) in [7, 11) is 0. The summed E-state index contributed by atoms with van der Waals surface area (Å²) >= 11 is 0. The largest absolute Gasteiger partial charge is 0.336 e. The monoisotopic (exact) mass is 328 g/mol. The van der Waals surface area contributed by atoms with E-state index in [4.69, 9.17) is 10.3 Å². The summed E-state index contributed by atoms with van der Waals surface area (Å²) in [5.41, 5.74) is 8.78. The molecule has 0 aromatic carbocycles. The molecule has 1 saturated carbocycles. The Hall–Kier alpha value is -1.95. The topological polar surface area (TPSA) is 85.2 Å². The van der Waals surface area contributed by atoms with Gasteiger partial charge in [0.1, 0.15) is 0 Å². The van der Waals surface area contributed by atoms with Crippen LogP contribution in [0.4, 0.5) is 0 Å². The maximum atomic E-state index is 13.3. The quantitative estimate of drug-likeness (QED) is 0.936. The second kappa shape index (κ2) is 5.84. The minimum Gasteiger partial charge on any atom is -0.336 e. The zero-order valence-electron chi connectivity index (χ0n) is 14.3. The summed E-state index contributed by atoms with van der Waals surface area (Å²) in [5.74, 6) is 1.11. The van der Waals surface area contributed by atoms with Crippen LogP contribution in [0.15, 0.2) is 10.6 Å². The predicted molar refractivity (Wildman–Crippen MR) is 90.8 cm³/mol. The van der Waals surface area contributed by atoms with E-state index >= 15 is 0 Å². The number of hydrogen-bond acceptors (Lipinski definition) is 5. The Morgan fingerprint density at radius 3 is 2.92 bits per heavy atom. The van der Waals surface area contributed by atoms with Gasteiger partial charge in [-0.25, -0.2) is 4.98 Å². The number of carbonyl (C=O) groups is 1. The highest BCUT2D eigenvalue weighted by Crippen LogP contribution is 2.40. The van der Waals surface area contributed by atoms with Crippen LogP contribution in [0.3, 0.4) is 0 Å². The molecule has 0 bridgehead atoms. The van der Waals surface area contributed by atoms with Crippen LogP contribution in [0.5, 0.6) is 0 Å². The van der Waals surface area contributed by atoms with Crippen molar-refractivity contribution in [2.24, 2.45) is 11.7 Å². The van der Waals surface area contributed by atoms with E-state index in [1.54, 1.807) is 0 Å². The molecule has 1 amide bonds. The van der Waals surface area contributed by atoms with E-state index < -0.39 is 0 Å². The van der Waals surface area contributed by atoms with Crippen molar-refractivity contribution in [2.45, 2.75) is 51.5 Å². The van der Waals surface area contributed by atoms with Gasteiger partial charge in [-0.3, -0.25) is 4.79 Å². The molecule has 0 spiro atoms. The first-order chi connectivity index (χ1) is 11.6. The molecule has 128 valence electrons. The molecule has 1 saturated heterocycles. The smallest absolute Gasteiger partial charge is 0.259 e. The molecule has 6 heteroatoms. The van der Waals surface area contributed by atoms with Gasteiger partial charge in [0, 0.05) is 30.7 Å². The molecule has 24 heavy (non-hydrogen) atoms. The summed E-state index contributed by atoms with van der Waals surface area (Å²) in [4.78, 5) is 19.8. The van der Waals surface area contributed by atoms with Gasteiger partial charge < -0.3 is 15.2 Å². The van der Waals surface area contributed by atoms with Gasteiger partial charge in [0.15, 0.2) is 0 Å². The Balaban J connectivity index is 1.76. The molecule has 2 aromatic heterocycles. The van der Waals surface area contributed by atoms with Crippen LogP contribution < -0.4 is 5.73 Å². The normalized spacial score (nSPS) is 24.5. The number of fused-ring (bicyclic) bond motifs is 1. The molecule has 2 atom stereocenters. The molecule has 1 aliphatic carbocycles. The van der Waals surface area contributed by atoms with Crippen molar-refractivity contribution in [3.8, 4) is 0 Å². The summed E-state index contributed by atoms with van der Waals surface area (Å²) in [6.45, 7) is 5.35. The lowest BCUT2D eigenvalue weighted by atomic mass is 9.91. The fourth-order valence-corrected chi connectivity index (χ4v) is 3.77. The Morgan fingerprint density at radius 2 is 2.21 bits per heavy atom. The third-order valence-corrected chi connectivity index (χ3v) is 5.37. The maximum absolute atomic E-state index is 13.3. The van der Waals surface area contributed by atoms with Gasteiger partial charge in [0.05, 0.1) is 16.6 Å². The number of nitrogens with zero attached hydrogens (tertiary/aromatic N) is 3. The van der Waals surface area contributed by atoms with E-state index in [0.717, 1.165) is 49.0 Å². The third kappa shape index (κ3) is 2.59. The number of hydrogen-bond donors (Lipinski definition) is 1. The lowest BCUT2D eigenvalue weighted by Crippen LogP contribution is -2.49. The van der Waals surface area contributed by atoms with Crippen LogP contribution in [0.25, 0.3) is 11.1 Å². The van der Waals surface area contributed by atoms with E-state index in [2.05, 4.69) is 17.1 Å². The molecule has 2 fully saturated rings. The van der Waals surface area contributed by atoms with Crippen molar-refractivity contribution >= 4 is 17.0 Å². The van der Waals surface area contributed by atoms with Crippen molar-refractivity contribution in [1.29, 1.82) is 0 Å². The molecular formula is C18H24N4O2. The first-order valence-corrected chi connectivity index (χ1v) is 8.86.